The van der Waals surface area contributed by atoms with E-state index in [1.807, 2.05) is 0 Å². The summed E-state index contributed by atoms with van der Waals surface area (Å²) in [6.07, 6.45) is 0. The standard InChI is InChI=1S/C8F5N3O2/c9-1-2(10)4(12)6(5(13)3(1)11)16-8(18)7(17)14-15-16. The number of halogens is 5. The molecule has 1 aromatic carbocycles. The van der Waals surface area contributed by atoms with Crippen LogP contribution < -0.4 is 5.01 Å². The molecule has 0 saturated carbocycles. The first-order chi connectivity index (χ1) is 8.36. The van der Waals surface area contributed by atoms with Crippen molar-refractivity contribution in [1.82, 2.24) is 0 Å². The SMILES string of the molecule is O=C1N=NN(c2c(F)c(F)c(F)c(F)c2F)C1=O. The van der Waals surface area contributed by atoms with Gasteiger partial charge in [0.25, 0.3) is 0 Å². The Kier molecular flexibility index (Phi) is 2.56. The predicted octanol–water partition coefficient (Wildman–Crippen LogP) is 1.62. The van der Waals surface area contributed by atoms with E-state index < -0.39 is 46.6 Å². The number of benzene rings is 1. The summed E-state index contributed by atoms with van der Waals surface area (Å²) in [6, 6.07) is 0. The smallest absolute Gasteiger partial charge is 0.261 e. The second kappa shape index (κ2) is 3.82. The molecular weight excluding hydrogens is 265 g/mol. The third-order valence-corrected chi connectivity index (χ3v) is 2.00. The third-order valence-electron chi connectivity index (χ3n) is 2.00. The normalized spacial score (nSPS) is 14.8. The van der Waals surface area contributed by atoms with E-state index in [-0.39, 0.29) is 5.01 Å². The topological polar surface area (TPSA) is 62.1 Å². The zero-order chi connectivity index (χ0) is 13.6. The molecule has 0 aliphatic carbocycles. The molecule has 0 radical (unpaired) electrons. The minimum Gasteiger partial charge on any atom is -0.261 e. The molecule has 1 aliphatic rings. The van der Waals surface area contributed by atoms with E-state index in [1.54, 1.807) is 0 Å². The van der Waals surface area contributed by atoms with Gasteiger partial charge >= 0.3 is 11.8 Å². The first-order valence-corrected chi connectivity index (χ1v) is 4.17. The van der Waals surface area contributed by atoms with Crippen molar-refractivity contribution in [3.63, 3.8) is 0 Å². The van der Waals surface area contributed by atoms with Crippen LogP contribution in [0.25, 0.3) is 0 Å². The van der Waals surface area contributed by atoms with Crippen LogP contribution in [0.4, 0.5) is 27.6 Å². The number of carbonyl (C=O) groups excluding carboxylic acids is 2. The first kappa shape index (κ1) is 12.1. The predicted molar refractivity (Wildman–Crippen MR) is 43.6 cm³/mol. The molecule has 0 fully saturated rings. The second-order valence-electron chi connectivity index (χ2n) is 3.03. The van der Waals surface area contributed by atoms with Crippen LogP contribution in [-0.4, -0.2) is 11.8 Å². The molecule has 0 spiro atoms. The van der Waals surface area contributed by atoms with Crippen molar-refractivity contribution in [2.24, 2.45) is 10.3 Å². The number of hydrogen-bond acceptors (Lipinski definition) is 3. The van der Waals surface area contributed by atoms with Crippen molar-refractivity contribution in [3.8, 4) is 0 Å². The number of carbonyl (C=O) groups is 2. The number of nitrogens with zero attached hydrogens (tertiary/aromatic N) is 3. The van der Waals surface area contributed by atoms with Crippen LogP contribution in [-0.2, 0) is 9.59 Å². The molecule has 5 nitrogen and oxygen atoms in total. The Morgan fingerprint density at radius 2 is 1.22 bits per heavy atom. The zero-order valence-electron chi connectivity index (χ0n) is 8.05. The van der Waals surface area contributed by atoms with Crippen LogP contribution in [0.5, 0.6) is 0 Å². The highest BCUT2D eigenvalue weighted by molar-refractivity contribution is 6.41. The fourth-order valence-electron chi connectivity index (χ4n) is 1.18. The number of hydrogen-bond donors (Lipinski definition) is 0. The highest BCUT2D eigenvalue weighted by atomic mass is 19.2. The van der Waals surface area contributed by atoms with Gasteiger partial charge in [0, 0.05) is 0 Å². The van der Waals surface area contributed by atoms with Gasteiger partial charge in [-0.15, -0.1) is 0 Å². The minimum atomic E-state index is -2.39. The molecule has 1 aliphatic heterocycles. The molecule has 0 atom stereocenters. The van der Waals surface area contributed by atoms with Crippen LogP contribution in [0.2, 0.25) is 0 Å². The monoisotopic (exact) mass is 265 g/mol. The van der Waals surface area contributed by atoms with Crippen molar-refractivity contribution in [3.05, 3.63) is 29.1 Å². The van der Waals surface area contributed by atoms with Gasteiger partial charge in [-0.2, -0.15) is 5.01 Å². The van der Waals surface area contributed by atoms with Gasteiger partial charge < -0.3 is 0 Å². The average Bonchev–Trinajstić information content (AvgIpc) is 2.66. The van der Waals surface area contributed by atoms with E-state index in [4.69, 9.17) is 0 Å². The van der Waals surface area contributed by atoms with Crippen LogP contribution in [0.15, 0.2) is 10.3 Å². The molecule has 2 rings (SSSR count). The Morgan fingerprint density at radius 3 is 1.61 bits per heavy atom. The van der Waals surface area contributed by atoms with Crippen molar-refractivity contribution >= 4 is 17.5 Å². The Hall–Kier alpha value is -2.39. The molecule has 1 aromatic rings. The molecule has 0 saturated heterocycles. The maximum atomic E-state index is 13.2. The van der Waals surface area contributed by atoms with Crippen molar-refractivity contribution < 1.29 is 31.5 Å². The highest BCUT2D eigenvalue weighted by Gasteiger charge is 2.37. The van der Waals surface area contributed by atoms with E-state index in [9.17, 15) is 31.5 Å². The lowest BCUT2D eigenvalue weighted by Gasteiger charge is -2.12. The van der Waals surface area contributed by atoms with Crippen LogP contribution in [0.1, 0.15) is 0 Å². The maximum Gasteiger partial charge on any atom is 0.357 e. The van der Waals surface area contributed by atoms with E-state index >= 15 is 0 Å². The molecule has 0 bridgehead atoms. The number of anilines is 1. The fourth-order valence-corrected chi connectivity index (χ4v) is 1.18. The van der Waals surface area contributed by atoms with Gasteiger partial charge in [0.15, 0.2) is 23.3 Å². The summed E-state index contributed by atoms with van der Waals surface area (Å²) in [5, 5.41) is 5.06. The summed E-state index contributed by atoms with van der Waals surface area (Å²) in [6.45, 7) is 0. The average molecular weight is 265 g/mol. The zero-order valence-corrected chi connectivity index (χ0v) is 8.05. The van der Waals surface area contributed by atoms with E-state index in [1.165, 1.54) is 0 Å². The second-order valence-corrected chi connectivity index (χ2v) is 3.03. The van der Waals surface area contributed by atoms with Crippen molar-refractivity contribution in [1.29, 1.82) is 0 Å². The molecular formula is C8F5N3O2. The number of amides is 2. The summed E-state index contributed by atoms with van der Waals surface area (Å²) in [5.74, 6) is -14.6. The first-order valence-electron chi connectivity index (χ1n) is 4.17. The fraction of sp³-hybridized carbons (Fsp3) is 0. The summed E-state index contributed by atoms with van der Waals surface area (Å²) < 4.78 is 64.8. The van der Waals surface area contributed by atoms with Crippen molar-refractivity contribution in [2.75, 3.05) is 5.01 Å². The van der Waals surface area contributed by atoms with Gasteiger partial charge in [0.1, 0.15) is 5.69 Å². The van der Waals surface area contributed by atoms with Crippen molar-refractivity contribution in [2.45, 2.75) is 0 Å². The van der Waals surface area contributed by atoms with Crippen LogP contribution in [0.3, 0.4) is 0 Å². The Labute approximate surface area is 94.5 Å². The lowest BCUT2D eigenvalue weighted by atomic mass is 10.2. The summed E-state index contributed by atoms with van der Waals surface area (Å²) >= 11 is 0. The molecule has 2 amide bonds. The Bertz CT molecular complexity index is 586. The highest BCUT2D eigenvalue weighted by Crippen LogP contribution is 2.31. The van der Waals surface area contributed by atoms with Gasteiger partial charge in [0.2, 0.25) is 5.82 Å². The van der Waals surface area contributed by atoms with Crippen LogP contribution in [0, 0.1) is 29.1 Å². The molecule has 0 unspecified atom stereocenters. The molecule has 18 heavy (non-hydrogen) atoms. The van der Waals surface area contributed by atoms with Crippen LogP contribution >= 0.6 is 0 Å². The maximum absolute atomic E-state index is 13.2. The molecule has 94 valence electrons. The Balaban J connectivity index is 2.70. The minimum absolute atomic E-state index is 0.293. The van der Waals surface area contributed by atoms with E-state index in [0.29, 0.717) is 0 Å². The summed E-state index contributed by atoms with van der Waals surface area (Å²) in [4.78, 5) is 21.7. The van der Waals surface area contributed by atoms with Gasteiger partial charge in [-0.1, -0.05) is 10.3 Å². The largest absolute Gasteiger partial charge is 0.357 e. The van der Waals surface area contributed by atoms with Gasteiger partial charge in [0.05, 0.1) is 0 Å². The summed E-state index contributed by atoms with van der Waals surface area (Å²) in [7, 11) is 0. The van der Waals surface area contributed by atoms with E-state index in [0.717, 1.165) is 0 Å². The van der Waals surface area contributed by atoms with Gasteiger partial charge in [-0.3, -0.25) is 9.59 Å². The lowest BCUT2D eigenvalue weighted by Crippen LogP contribution is -2.28. The Morgan fingerprint density at radius 1 is 0.778 bits per heavy atom. The quantitative estimate of drug-likeness (QED) is 0.335. The summed E-state index contributed by atoms with van der Waals surface area (Å²) in [5.41, 5.74) is -1.65. The molecule has 0 N–H and O–H groups in total. The van der Waals surface area contributed by atoms with Gasteiger partial charge in [-0.25, -0.2) is 22.0 Å². The van der Waals surface area contributed by atoms with E-state index in [2.05, 4.69) is 10.3 Å². The number of rotatable bonds is 1. The molecule has 0 aromatic heterocycles. The molecule has 10 heteroatoms. The molecule has 1 heterocycles. The van der Waals surface area contributed by atoms with Gasteiger partial charge in [-0.05, 0) is 0 Å². The third kappa shape index (κ3) is 1.45. The lowest BCUT2D eigenvalue weighted by molar-refractivity contribution is -0.134.